The van der Waals surface area contributed by atoms with Crippen LogP contribution in [0.3, 0.4) is 0 Å². The summed E-state index contributed by atoms with van der Waals surface area (Å²) < 4.78 is 0. The van der Waals surface area contributed by atoms with Gasteiger partial charge in [0.15, 0.2) is 0 Å². The second-order valence-corrected chi connectivity index (χ2v) is 5.97. The molecule has 0 spiro atoms. The zero-order valence-electron chi connectivity index (χ0n) is 14.8. The quantitative estimate of drug-likeness (QED) is 0.549. The Labute approximate surface area is 145 Å². The number of hydrogen-bond acceptors (Lipinski definition) is 3. The zero-order chi connectivity index (χ0) is 17.9. The summed E-state index contributed by atoms with van der Waals surface area (Å²) in [5, 5.41) is 29.5. The number of rotatable bonds is 10. The van der Waals surface area contributed by atoms with Crippen LogP contribution in [0.1, 0.15) is 51.5 Å². The summed E-state index contributed by atoms with van der Waals surface area (Å²) in [7, 11) is 0. The smallest absolute Gasteiger partial charge is 0.122 e. The van der Waals surface area contributed by atoms with Crippen molar-refractivity contribution in [2.24, 2.45) is 0 Å². The van der Waals surface area contributed by atoms with E-state index < -0.39 is 6.10 Å². The zero-order valence-corrected chi connectivity index (χ0v) is 14.8. The van der Waals surface area contributed by atoms with E-state index in [1.165, 1.54) is 5.57 Å². The molecule has 24 heavy (non-hydrogen) atoms. The topological polar surface area (TPSA) is 60.7 Å². The number of phenolic OH excluding ortho intramolecular Hbond substituents is 1. The van der Waals surface area contributed by atoms with E-state index in [0.717, 1.165) is 42.4 Å². The Morgan fingerprint density at radius 2 is 1.92 bits per heavy atom. The van der Waals surface area contributed by atoms with Crippen molar-refractivity contribution in [3.05, 3.63) is 59.2 Å². The number of benzene rings is 1. The standard InChI is InChI=1S/C21H30O3/c1-4-8-17(15-18-9-6-7-10-20(18)23)11-12-21(24)19(13-14-22)16(3)5-2/h6-7,9-10,13,15,21-24H,3-5,8,11-12,14H2,1-2H3/b17-15+,19-13-. The fourth-order valence-electron chi connectivity index (χ4n) is 2.72. The van der Waals surface area contributed by atoms with Gasteiger partial charge < -0.3 is 15.3 Å². The molecule has 0 fully saturated rings. The molecule has 1 rings (SSSR count). The van der Waals surface area contributed by atoms with Gasteiger partial charge in [0, 0.05) is 5.56 Å². The van der Waals surface area contributed by atoms with E-state index in [1.807, 2.05) is 25.1 Å². The van der Waals surface area contributed by atoms with Gasteiger partial charge in [-0.1, -0.05) is 62.8 Å². The lowest BCUT2D eigenvalue weighted by molar-refractivity contribution is 0.200. The van der Waals surface area contributed by atoms with Gasteiger partial charge >= 0.3 is 0 Å². The maximum absolute atomic E-state index is 10.5. The molecule has 3 heteroatoms. The predicted molar refractivity (Wildman–Crippen MR) is 101 cm³/mol. The van der Waals surface area contributed by atoms with E-state index in [-0.39, 0.29) is 12.4 Å². The molecule has 0 heterocycles. The Morgan fingerprint density at radius 1 is 1.21 bits per heavy atom. The molecule has 1 unspecified atom stereocenters. The molecule has 0 bridgehead atoms. The molecule has 3 N–H and O–H groups in total. The van der Waals surface area contributed by atoms with Gasteiger partial charge in [0.25, 0.3) is 0 Å². The monoisotopic (exact) mass is 330 g/mol. The molecule has 132 valence electrons. The van der Waals surface area contributed by atoms with Gasteiger partial charge in [-0.15, -0.1) is 0 Å². The summed E-state index contributed by atoms with van der Waals surface area (Å²) in [4.78, 5) is 0. The maximum atomic E-state index is 10.5. The summed E-state index contributed by atoms with van der Waals surface area (Å²) >= 11 is 0. The average Bonchev–Trinajstić information content (AvgIpc) is 2.58. The van der Waals surface area contributed by atoms with Crippen LogP contribution in [-0.4, -0.2) is 28.0 Å². The van der Waals surface area contributed by atoms with E-state index in [9.17, 15) is 10.2 Å². The number of allylic oxidation sites excluding steroid dienone is 1. The van der Waals surface area contributed by atoms with Crippen LogP contribution in [0.25, 0.3) is 6.08 Å². The minimum Gasteiger partial charge on any atom is -0.507 e. The van der Waals surface area contributed by atoms with Crippen molar-refractivity contribution in [1.29, 1.82) is 0 Å². The van der Waals surface area contributed by atoms with E-state index in [2.05, 4.69) is 13.5 Å². The molecule has 0 aromatic heterocycles. The van der Waals surface area contributed by atoms with Crippen molar-refractivity contribution in [2.75, 3.05) is 6.61 Å². The molecule has 1 aromatic carbocycles. The first kappa shape index (κ1) is 20.2. The van der Waals surface area contributed by atoms with Gasteiger partial charge in [0.2, 0.25) is 0 Å². The minimum absolute atomic E-state index is 0.0963. The summed E-state index contributed by atoms with van der Waals surface area (Å²) in [5.74, 6) is 0.270. The van der Waals surface area contributed by atoms with E-state index in [4.69, 9.17) is 5.11 Å². The van der Waals surface area contributed by atoms with Gasteiger partial charge in [0.1, 0.15) is 5.75 Å². The highest BCUT2D eigenvalue weighted by atomic mass is 16.3. The van der Waals surface area contributed by atoms with Crippen LogP contribution in [-0.2, 0) is 0 Å². The van der Waals surface area contributed by atoms with Gasteiger partial charge in [-0.3, -0.25) is 0 Å². The Kier molecular flexibility index (Phi) is 9.13. The van der Waals surface area contributed by atoms with Gasteiger partial charge in [-0.2, -0.15) is 0 Å². The number of aliphatic hydroxyl groups is 2. The fraction of sp³-hybridized carbons (Fsp3) is 0.429. The van der Waals surface area contributed by atoms with Crippen molar-refractivity contribution >= 4 is 6.08 Å². The highest BCUT2D eigenvalue weighted by molar-refractivity contribution is 5.59. The van der Waals surface area contributed by atoms with Gasteiger partial charge in [-0.05, 0) is 42.9 Å². The molecule has 1 aromatic rings. The number of para-hydroxylation sites is 1. The number of aliphatic hydroxyl groups excluding tert-OH is 2. The molecule has 0 aliphatic heterocycles. The second-order valence-electron chi connectivity index (χ2n) is 5.97. The molecule has 0 saturated heterocycles. The van der Waals surface area contributed by atoms with Gasteiger partial charge in [0.05, 0.1) is 12.7 Å². The SMILES string of the molecule is C=C(CC)/C(=C/CO)C(O)CC/C(=C/c1ccccc1O)CCC. The Balaban J connectivity index is 2.84. The van der Waals surface area contributed by atoms with Crippen molar-refractivity contribution in [3.8, 4) is 5.75 Å². The number of phenols is 1. The molecule has 0 aliphatic rings. The first-order chi connectivity index (χ1) is 11.5. The van der Waals surface area contributed by atoms with Crippen molar-refractivity contribution < 1.29 is 15.3 Å². The van der Waals surface area contributed by atoms with Crippen LogP contribution in [0.5, 0.6) is 5.75 Å². The Hall–Kier alpha value is -1.84. The van der Waals surface area contributed by atoms with Gasteiger partial charge in [-0.25, -0.2) is 0 Å². The van der Waals surface area contributed by atoms with Crippen LogP contribution in [0.2, 0.25) is 0 Å². The Bertz CT molecular complexity index is 585. The third-order valence-electron chi connectivity index (χ3n) is 4.11. The largest absolute Gasteiger partial charge is 0.507 e. The molecular formula is C21H30O3. The third-order valence-corrected chi connectivity index (χ3v) is 4.11. The highest BCUT2D eigenvalue weighted by Crippen LogP contribution is 2.26. The second kappa shape index (κ2) is 10.8. The molecule has 0 amide bonds. The lowest BCUT2D eigenvalue weighted by atomic mass is 9.93. The summed E-state index contributed by atoms with van der Waals surface area (Å²) in [5.41, 5.74) is 3.60. The predicted octanol–water partition coefficient (Wildman–Crippen LogP) is 4.60. The van der Waals surface area contributed by atoms with E-state index in [0.29, 0.717) is 6.42 Å². The van der Waals surface area contributed by atoms with Crippen molar-refractivity contribution in [1.82, 2.24) is 0 Å². The minimum atomic E-state index is -0.630. The number of aromatic hydroxyl groups is 1. The molecule has 1 atom stereocenters. The molecular weight excluding hydrogens is 300 g/mol. The maximum Gasteiger partial charge on any atom is 0.122 e. The lowest BCUT2D eigenvalue weighted by Gasteiger charge is -2.17. The molecule has 0 saturated carbocycles. The van der Waals surface area contributed by atoms with E-state index in [1.54, 1.807) is 18.2 Å². The fourth-order valence-corrected chi connectivity index (χ4v) is 2.72. The summed E-state index contributed by atoms with van der Waals surface area (Å²) in [6.45, 7) is 7.98. The summed E-state index contributed by atoms with van der Waals surface area (Å²) in [6, 6.07) is 7.27. The molecule has 0 aliphatic carbocycles. The molecule has 0 radical (unpaired) electrons. The first-order valence-corrected chi connectivity index (χ1v) is 8.68. The Morgan fingerprint density at radius 3 is 2.50 bits per heavy atom. The van der Waals surface area contributed by atoms with Crippen molar-refractivity contribution in [3.63, 3.8) is 0 Å². The normalized spacial score (nSPS) is 13.8. The number of hydrogen-bond donors (Lipinski definition) is 3. The average molecular weight is 330 g/mol. The third kappa shape index (κ3) is 6.34. The summed E-state index contributed by atoms with van der Waals surface area (Å²) in [6.07, 6.45) is 7.02. The van der Waals surface area contributed by atoms with Crippen LogP contribution in [0, 0.1) is 0 Å². The van der Waals surface area contributed by atoms with Crippen LogP contribution < -0.4 is 0 Å². The van der Waals surface area contributed by atoms with E-state index >= 15 is 0 Å². The first-order valence-electron chi connectivity index (χ1n) is 8.68. The van der Waals surface area contributed by atoms with Crippen molar-refractivity contribution in [2.45, 2.75) is 52.1 Å². The highest BCUT2D eigenvalue weighted by Gasteiger charge is 2.13. The molecule has 3 nitrogen and oxygen atoms in total. The lowest BCUT2D eigenvalue weighted by Crippen LogP contribution is -2.13. The van der Waals surface area contributed by atoms with Crippen LogP contribution in [0.15, 0.2) is 53.6 Å². The van der Waals surface area contributed by atoms with Crippen LogP contribution in [0.4, 0.5) is 0 Å². The van der Waals surface area contributed by atoms with Crippen LogP contribution >= 0.6 is 0 Å².